The summed E-state index contributed by atoms with van der Waals surface area (Å²) in [6.07, 6.45) is -5.88. The summed E-state index contributed by atoms with van der Waals surface area (Å²) in [5, 5.41) is 0. The van der Waals surface area contributed by atoms with E-state index in [9.17, 15) is 22.4 Å². The van der Waals surface area contributed by atoms with Crippen molar-refractivity contribution < 1.29 is 41.0 Å². The second kappa shape index (κ2) is 11.4. The van der Waals surface area contributed by atoms with Crippen LogP contribution in [-0.4, -0.2) is 64.6 Å². The number of aryl methyl sites for hydroxylation is 2. The molecule has 214 valence electrons. The molecule has 4 heterocycles. The van der Waals surface area contributed by atoms with E-state index in [-0.39, 0.29) is 44.1 Å². The quantitative estimate of drug-likeness (QED) is 0.370. The number of hydrogen-bond acceptors (Lipinski definition) is 6. The van der Waals surface area contributed by atoms with Crippen molar-refractivity contribution in [1.29, 1.82) is 0 Å². The van der Waals surface area contributed by atoms with Crippen molar-refractivity contribution in [3.63, 3.8) is 0 Å². The Morgan fingerprint density at radius 1 is 1.12 bits per heavy atom. The lowest BCUT2D eigenvalue weighted by atomic mass is 9.94. The molecule has 0 radical (unpaired) electrons. The van der Waals surface area contributed by atoms with E-state index < -0.39 is 36.7 Å². The third-order valence-electron chi connectivity index (χ3n) is 7.10. The van der Waals surface area contributed by atoms with Gasteiger partial charge in [0.25, 0.3) is 0 Å². The highest BCUT2D eigenvalue weighted by molar-refractivity contribution is 5.68. The summed E-state index contributed by atoms with van der Waals surface area (Å²) < 4.78 is 86.0. The molecule has 0 bridgehead atoms. The first-order valence-corrected chi connectivity index (χ1v) is 12.8. The molecule has 2 aromatic heterocycles. The van der Waals surface area contributed by atoms with Crippen molar-refractivity contribution >= 4 is 6.09 Å². The molecule has 1 amide bonds. The van der Waals surface area contributed by atoms with Gasteiger partial charge in [-0.3, -0.25) is 4.57 Å². The minimum Gasteiger partial charge on any atom is -0.497 e. The molecular formula is C27H27F5N4O4. The summed E-state index contributed by atoms with van der Waals surface area (Å²) in [6, 6.07) is 7.96. The summed E-state index contributed by atoms with van der Waals surface area (Å²) in [4.78, 5) is 22.3. The van der Waals surface area contributed by atoms with Crippen molar-refractivity contribution in [3.05, 3.63) is 70.9 Å². The molecule has 1 atom stereocenters. The largest absolute Gasteiger partial charge is 0.497 e. The second-order valence-electron chi connectivity index (χ2n) is 9.71. The average Bonchev–Trinajstić information content (AvgIpc) is 3.28. The molecule has 1 unspecified atom stereocenters. The lowest BCUT2D eigenvalue weighted by molar-refractivity contribution is -0.220. The standard InChI is InChI=1S/C27H27F5N4O4/c1-38-20-5-2-16(3-6-20)14-39-15-21(27(30,31)32)40-26(37)35-10-8-17(9-11-35)23-24(29)36-22(34-23)7-4-18-12-19(28)13-33-25(18)36/h2-3,5-6,12-13,17,21H,4,7-11,14-15H2,1H3. The van der Waals surface area contributed by atoms with Crippen LogP contribution < -0.4 is 4.74 Å². The lowest BCUT2D eigenvalue weighted by Crippen LogP contribution is -2.44. The highest BCUT2D eigenvalue weighted by atomic mass is 19.4. The van der Waals surface area contributed by atoms with E-state index in [0.717, 1.165) is 6.20 Å². The Balaban J connectivity index is 1.17. The van der Waals surface area contributed by atoms with Crippen LogP contribution in [0.3, 0.4) is 0 Å². The zero-order valence-electron chi connectivity index (χ0n) is 21.6. The molecule has 8 nitrogen and oxygen atoms in total. The maximum atomic E-state index is 15.4. The number of pyridine rings is 1. The summed E-state index contributed by atoms with van der Waals surface area (Å²) in [6.45, 7) is -0.817. The molecule has 0 spiro atoms. The Bertz CT molecular complexity index is 1350. The number of benzene rings is 1. The number of likely N-dealkylation sites (tertiary alicyclic amines) is 1. The fourth-order valence-electron chi connectivity index (χ4n) is 4.94. The van der Waals surface area contributed by atoms with Crippen LogP contribution in [0.5, 0.6) is 5.75 Å². The van der Waals surface area contributed by atoms with Gasteiger partial charge in [-0.05, 0) is 48.6 Å². The van der Waals surface area contributed by atoms with E-state index in [1.54, 1.807) is 24.3 Å². The molecular weight excluding hydrogens is 539 g/mol. The smallest absolute Gasteiger partial charge is 0.427 e. The van der Waals surface area contributed by atoms with Crippen molar-refractivity contribution in [2.24, 2.45) is 0 Å². The maximum absolute atomic E-state index is 15.4. The fourth-order valence-corrected chi connectivity index (χ4v) is 4.94. The number of piperidine rings is 1. The van der Waals surface area contributed by atoms with Gasteiger partial charge in [0.1, 0.15) is 23.2 Å². The molecule has 0 N–H and O–H groups in total. The number of halogens is 5. The number of alkyl halides is 3. The van der Waals surface area contributed by atoms with Crippen LogP contribution in [-0.2, 0) is 28.9 Å². The Kier molecular flexibility index (Phi) is 7.92. The summed E-state index contributed by atoms with van der Waals surface area (Å²) in [5.41, 5.74) is 1.43. The highest BCUT2D eigenvalue weighted by Gasteiger charge is 2.44. The van der Waals surface area contributed by atoms with Crippen LogP contribution in [0.2, 0.25) is 0 Å². The molecule has 3 aromatic rings. The summed E-state index contributed by atoms with van der Waals surface area (Å²) in [7, 11) is 1.50. The third kappa shape index (κ3) is 5.88. The van der Waals surface area contributed by atoms with Gasteiger partial charge in [-0.1, -0.05) is 12.1 Å². The monoisotopic (exact) mass is 566 g/mol. The van der Waals surface area contributed by atoms with Crippen LogP contribution in [0.1, 0.15) is 41.4 Å². The molecule has 0 saturated carbocycles. The van der Waals surface area contributed by atoms with Gasteiger partial charge in [-0.2, -0.15) is 17.6 Å². The van der Waals surface area contributed by atoms with E-state index >= 15 is 4.39 Å². The summed E-state index contributed by atoms with van der Waals surface area (Å²) in [5.74, 6) is -0.0712. The molecule has 2 aliphatic heterocycles. The van der Waals surface area contributed by atoms with Gasteiger partial charge in [0.15, 0.2) is 0 Å². The number of ether oxygens (including phenoxy) is 3. The Morgan fingerprint density at radius 2 is 1.85 bits per heavy atom. The molecule has 1 aromatic carbocycles. The zero-order valence-corrected chi connectivity index (χ0v) is 21.6. The number of rotatable bonds is 7. The summed E-state index contributed by atoms with van der Waals surface area (Å²) >= 11 is 0. The van der Waals surface area contributed by atoms with E-state index in [1.807, 2.05) is 0 Å². The molecule has 5 rings (SSSR count). The Morgan fingerprint density at radius 3 is 2.52 bits per heavy atom. The lowest BCUT2D eigenvalue weighted by Gasteiger charge is -2.32. The molecule has 1 fully saturated rings. The predicted molar refractivity (Wildman–Crippen MR) is 131 cm³/mol. The van der Waals surface area contributed by atoms with Gasteiger partial charge in [0.2, 0.25) is 12.1 Å². The van der Waals surface area contributed by atoms with E-state index in [1.165, 1.54) is 22.6 Å². The van der Waals surface area contributed by atoms with Crippen LogP contribution in [0.25, 0.3) is 5.82 Å². The van der Waals surface area contributed by atoms with Crippen molar-refractivity contribution in [2.45, 2.75) is 50.5 Å². The maximum Gasteiger partial charge on any atom is 0.427 e. The van der Waals surface area contributed by atoms with Crippen LogP contribution >= 0.6 is 0 Å². The number of amides is 1. The molecule has 0 aliphatic carbocycles. The Hall–Kier alpha value is -3.74. The third-order valence-corrected chi connectivity index (χ3v) is 7.10. The first kappa shape index (κ1) is 27.8. The number of carbonyl (C=O) groups excluding carboxylic acids is 1. The number of imidazole rings is 1. The number of hydrogen-bond donors (Lipinski definition) is 0. The predicted octanol–water partition coefficient (Wildman–Crippen LogP) is 5.12. The number of aromatic nitrogens is 3. The van der Waals surface area contributed by atoms with Gasteiger partial charge in [-0.25, -0.2) is 19.2 Å². The van der Waals surface area contributed by atoms with E-state index in [4.69, 9.17) is 14.2 Å². The van der Waals surface area contributed by atoms with Crippen molar-refractivity contribution in [2.75, 3.05) is 26.8 Å². The zero-order chi connectivity index (χ0) is 28.4. The van der Waals surface area contributed by atoms with Gasteiger partial charge in [-0.15, -0.1) is 0 Å². The average molecular weight is 567 g/mol. The number of carbonyl (C=O) groups is 1. The van der Waals surface area contributed by atoms with Crippen LogP contribution in [0.15, 0.2) is 36.5 Å². The van der Waals surface area contributed by atoms with Gasteiger partial charge >= 0.3 is 12.3 Å². The van der Waals surface area contributed by atoms with Gasteiger partial charge in [0, 0.05) is 25.4 Å². The minimum atomic E-state index is -4.82. The van der Waals surface area contributed by atoms with Crippen molar-refractivity contribution in [1.82, 2.24) is 19.4 Å². The molecule has 40 heavy (non-hydrogen) atoms. The molecule has 2 aliphatic rings. The number of methoxy groups -OCH3 is 1. The highest BCUT2D eigenvalue weighted by Crippen LogP contribution is 2.34. The normalized spacial score (nSPS) is 16.3. The first-order chi connectivity index (χ1) is 19.1. The van der Waals surface area contributed by atoms with E-state index in [2.05, 4.69) is 9.97 Å². The topological polar surface area (TPSA) is 78.7 Å². The number of nitrogens with zero attached hydrogens (tertiary/aromatic N) is 4. The van der Waals surface area contributed by atoms with Crippen LogP contribution in [0, 0.1) is 11.8 Å². The number of fused-ring (bicyclic) bond motifs is 3. The van der Waals surface area contributed by atoms with Gasteiger partial charge in [0.05, 0.1) is 32.2 Å². The minimum absolute atomic E-state index is 0.0719. The fraction of sp³-hybridized carbons (Fsp3) is 0.444. The van der Waals surface area contributed by atoms with E-state index in [0.29, 0.717) is 41.4 Å². The SMILES string of the molecule is COc1ccc(COCC(OC(=O)N2CCC(c3nc4n(c3F)-c3ncc(F)cc3CC4)CC2)C(F)(F)F)cc1. The van der Waals surface area contributed by atoms with Crippen molar-refractivity contribution in [3.8, 4) is 11.6 Å². The first-order valence-electron chi connectivity index (χ1n) is 12.8. The van der Waals surface area contributed by atoms with Gasteiger partial charge < -0.3 is 19.1 Å². The van der Waals surface area contributed by atoms with Crippen LogP contribution in [0.4, 0.5) is 26.7 Å². The second-order valence-corrected chi connectivity index (χ2v) is 9.71. The Labute approximate surface area is 226 Å². The molecule has 13 heteroatoms. The molecule has 1 saturated heterocycles.